The molecule has 1 aromatic carbocycles. The molecule has 0 saturated carbocycles. The average Bonchev–Trinajstić information content (AvgIpc) is 3.16. The van der Waals surface area contributed by atoms with Gasteiger partial charge < -0.3 is 10.6 Å². The normalized spacial score (nSPS) is 15.6. The summed E-state index contributed by atoms with van der Waals surface area (Å²) in [6.07, 6.45) is 2.03. The second-order valence-electron chi connectivity index (χ2n) is 6.64. The first-order valence-electron chi connectivity index (χ1n) is 9.05. The quantitative estimate of drug-likeness (QED) is 0.562. The van der Waals surface area contributed by atoms with E-state index in [1.165, 1.54) is 0 Å². The summed E-state index contributed by atoms with van der Waals surface area (Å²) in [6.45, 7) is 3.05. The minimum absolute atomic E-state index is 0.0579. The fraction of sp³-hybridized carbons (Fsp3) is 0.421. The number of nitrogens with one attached hydrogen (secondary N) is 2. The van der Waals surface area contributed by atoms with E-state index in [9.17, 15) is 14.9 Å². The van der Waals surface area contributed by atoms with Gasteiger partial charge in [0.25, 0.3) is 5.69 Å². The van der Waals surface area contributed by atoms with E-state index in [-0.39, 0.29) is 16.5 Å². The van der Waals surface area contributed by atoms with Gasteiger partial charge >= 0.3 is 0 Å². The number of thiophene rings is 1. The molecule has 1 saturated heterocycles. The van der Waals surface area contributed by atoms with Gasteiger partial charge in [0.05, 0.1) is 17.0 Å². The molecule has 2 heterocycles. The summed E-state index contributed by atoms with van der Waals surface area (Å²) in [4.78, 5) is 26.6. The van der Waals surface area contributed by atoms with Crippen molar-refractivity contribution in [3.05, 3.63) is 51.4 Å². The van der Waals surface area contributed by atoms with Crippen LogP contribution >= 0.6 is 11.3 Å². The van der Waals surface area contributed by atoms with Gasteiger partial charge in [-0.1, -0.05) is 12.1 Å². The Hall–Kier alpha value is -2.29. The van der Waals surface area contributed by atoms with Crippen LogP contribution in [-0.2, 0) is 11.3 Å². The lowest BCUT2D eigenvalue weighted by molar-refractivity contribution is -0.384. The zero-order valence-electron chi connectivity index (χ0n) is 15.3. The molecule has 1 aliphatic rings. The molecule has 0 atom stereocenters. The summed E-state index contributed by atoms with van der Waals surface area (Å²) >= 11 is 1.59. The van der Waals surface area contributed by atoms with Crippen molar-refractivity contribution < 1.29 is 9.72 Å². The summed E-state index contributed by atoms with van der Waals surface area (Å²) < 4.78 is 0. The molecule has 0 spiro atoms. The van der Waals surface area contributed by atoms with Crippen molar-refractivity contribution in [3.8, 4) is 10.4 Å². The highest BCUT2D eigenvalue weighted by molar-refractivity contribution is 7.15. The van der Waals surface area contributed by atoms with E-state index in [1.54, 1.807) is 36.6 Å². The van der Waals surface area contributed by atoms with Crippen LogP contribution in [0.5, 0.6) is 0 Å². The van der Waals surface area contributed by atoms with Crippen LogP contribution in [0.4, 0.5) is 5.69 Å². The monoisotopic (exact) mass is 388 g/mol. The van der Waals surface area contributed by atoms with Crippen LogP contribution in [0.1, 0.15) is 17.7 Å². The number of hydrogen-bond acceptors (Lipinski definition) is 6. The highest BCUT2D eigenvalue weighted by atomic mass is 32.1. The molecule has 0 bridgehead atoms. The van der Waals surface area contributed by atoms with Crippen LogP contribution in [0.25, 0.3) is 10.4 Å². The van der Waals surface area contributed by atoms with E-state index < -0.39 is 0 Å². The van der Waals surface area contributed by atoms with Crippen molar-refractivity contribution in [2.45, 2.75) is 25.4 Å². The molecule has 7 nitrogen and oxygen atoms in total. The van der Waals surface area contributed by atoms with E-state index >= 15 is 0 Å². The van der Waals surface area contributed by atoms with Gasteiger partial charge in [-0.05, 0) is 31.0 Å². The third-order valence-electron chi connectivity index (χ3n) is 4.83. The number of nitro benzene ring substituents is 1. The third kappa shape index (κ3) is 5.12. The summed E-state index contributed by atoms with van der Waals surface area (Å²) in [5.74, 6) is 0.0579. The minimum Gasteiger partial charge on any atom is -0.358 e. The van der Waals surface area contributed by atoms with Gasteiger partial charge in [-0.25, -0.2) is 0 Å². The number of rotatable bonds is 7. The van der Waals surface area contributed by atoms with Crippen molar-refractivity contribution in [3.63, 3.8) is 0 Å². The predicted molar refractivity (Wildman–Crippen MR) is 107 cm³/mol. The van der Waals surface area contributed by atoms with Gasteiger partial charge in [-0.15, -0.1) is 11.3 Å². The van der Waals surface area contributed by atoms with E-state index in [1.807, 2.05) is 18.2 Å². The fourth-order valence-electron chi connectivity index (χ4n) is 3.28. The minimum atomic E-state index is -0.334. The Labute approximate surface area is 162 Å². The molecule has 1 amide bonds. The Morgan fingerprint density at radius 1 is 1.26 bits per heavy atom. The van der Waals surface area contributed by atoms with E-state index in [0.29, 0.717) is 18.2 Å². The van der Waals surface area contributed by atoms with Crippen molar-refractivity contribution in [2.75, 3.05) is 26.7 Å². The molecule has 1 aromatic heterocycles. The van der Waals surface area contributed by atoms with Crippen LogP contribution in [-0.4, -0.2) is 48.5 Å². The van der Waals surface area contributed by atoms with Crippen LogP contribution in [0, 0.1) is 10.1 Å². The molecule has 0 unspecified atom stereocenters. The van der Waals surface area contributed by atoms with Crippen LogP contribution in [0.15, 0.2) is 36.4 Å². The number of amides is 1. The zero-order valence-corrected chi connectivity index (χ0v) is 16.1. The highest BCUT2D eigenvalue weighted by Gasteiger charge is 2.20. The summed E-state index contributed by atoms with van der Waals surface area (Å²) in [6, 6.07) is 11.3. The Kier molecular flexibility index (Phi) is 6.54. The van der Waals surface area contributed by atoms with Crippen molar-refractivity contribution in [1.29, 1.82) is 0 Å². The number of carbonyl (C=O) groups excluding carboxylic acids is 1. The highest BCUT2D eigenvalue weighted by Crippen LogP contribution is 2.34. The largest absolute Gasteiger partial charge is 0.358 e. The first-order valence-corrected chi connectivity index (χ1v) is 9.87. The fourth-order valence-corrected chi connectivity index (χ4v) is 4.27. The predicted octanol–water partition coefficient (Wildman–Crippen LogP) is 2.62. The molecule has 144 valence electrons. The molecule has 3 rings (SSSR count). The number of likely N-dealkylation sites (N-methyl/N-ethyl adjacent to an activating group) is 1. The second kappa shape index (κ2) is 9.07. The van der Waals surface area contributed by atoms with E-state index in [2.05, 4.69) is 15.5 Å². The Morgan fingerprint density at radius 3 is 2.70 bits per heavy atom. The maximum Gasteiger partial charge on any atom is 0.278 e. The standard InChI is InChI=1S/C19H24N4O3S/c1-20-19(24)13-22-10-8-14(9-11-22)21-12-15-6-7-18(27-15)16-4-2-3-5-17(16)23(25)26/h2-7,14,21H,8-13H2,1H3,(H,20,24). The van der Waals surface area contributed by atoms with Gasteiger partial charge in [0, 0.05) is 48.5 Å². The van der Waals surface area contributed by atoms with Gasteiger partial charge in [-0.3, -0.25) is 19.8 Å². The van der Waals surface area contributed by atoms with Crippen molar-refractivity contribution in [1.82, 2.24) is 15.5 Å². The number of carbonyl (C=O) groups is 1. The maximum absolute atomic E-state index is 11.4. The number of nitro groups is 1. The first-order chi connectivity index (χ1) is 13.1. The van der Waals surface area contributed by atoms with E-state index in [0.717, 1.165) is 42.2 Å². The number of hydrogen-bond donors (Lipinski definition) is 2. The lowest BCUT2D eigenvalue weighted by Crippen LogP contribution is -2.45. The topological polar surface area (TPSA) is 87.5 Å². The maximum atomic E-state index is 11.4. The SMILES string of the molecule is CNC(=O)CN1CCC(NCc2ccc(-c3ccccc3[N+](=O)[O-])s2)CC1. The first kappa shape index (κ1) is 19.5. The lowest BCUT2D eigenvalue weighted by atomic mass is 10.1. The summed E-state index contributed by atoms with van der Waals surface area (Å²) in [5.41, 5.74) is 0.809. The number of benzene rings is 1. The van der Waals surface area contributed by atoms with Crippen molar-refractivity contribution in [2.24, 2.45) is 0 Å². The van der Waals surface area contributed by atoms with Gasteiger partial charge in [0.1, 0.15) is 0 Å². The van der Waals surface area contributed by atoms with Gasteiger partial charge in [0.15, 0.2) is 0 Å². The molecule has 1 fully saturated rings. The lowest BCUT2D eigenvalue weighted by Gasteiger charge is -2.31. The molecule has 1 aliphatic heterocycles. The molecule has 0 aliphatic carbocycles. The zero-order chi connectivity index (χ0) is 19.2. The molecule has 2 N–H and O–H groups in total. The second-order valence-corrected chi connectivity index (χ2v) is 7.81. The molecular formula is C19H24N4O3S. The van der Waals surface area contributed by atoms with Crippen LogP contribution in [0.2, 0.25) is 0 Å². The van der Waals surface area contributed by atoms with Crippen LogP contribution < -0.4 is 10.6 Å². The smallest absolute Gasteiger partial charge is 0.278 e. The van der Waals surface area contributed by atoms with Crippen molar-refractivity contribution >= 4 is 22.9 Å². The number of nitrogens with zero attached hydrogens (tertiary/aromatic N) is 2. The van der Waals surface area contributed by atoms with Gasteiger partial charge in [-0.2, -0.15) is 0 Å². The number of likely N-dealkylation sites (tertiary alicyclic amines) is 1. The molecule has 8 heteroatoms. The van der Waals surface area contributed by atoms with Crippen LogP contribution in [0.3, 0.4) is 0 Å². The Morgan fingerprint density at radius 2 is 2.00 bits per heavy atom. The van der Waals surface area contributed by atoms with Gasteiger partial charge in [0.2, 0.25) is 5.91 Å². The average molecular weight is 388 g/mol. The number of piperidine rings is 1. The summed E-state index contributed by atoms with van der Waals surface area (Å²) in [5, 5.41) is 17.5. The molecule has 2 aromatic rings. The van der Waals surface area contributed by atoms with E-state index in [4.69, 9.17) is 0 Å². The number of para-hydroxylation sites is 1. The molecular weight excluding hydrogens is 364 g/mol. The third-order valence-corrected chi connectivity index (χ3v) is 5.94. The molecule has 27 heavy (non-hydrogen) atoms. The molecule has 0 radical (unpaired) electrons. The Balaban J connectivity index is 1.53. The Bertz CT molecular complexity index is 800. The summed E-state index contributed by atoms with van der Waals surface area (Å²) in [7, 11) is 1.66.